The number of nitrogens with zero attached hydrogens (tertiary/aromatic N) is 1. The zero-order chi connectivity index (χ0) is 9.38. The average molecular weight is 185 g/mol. The molecule has 0 saturated carbocycles. The maximum atomic E-state index is 2.58. The second kappa shape index (κ2) is 3.25. The highest BCUT2D eigenvalue weighted by Gasteiger charge is 2.45. The molecular formula is C13H15N. The lowest BCUT2D eigenvalue weighted by Gasteiger charge is -2.02. The highest BCUT2D eigenvalue weighted by atomic mass is 15.3. The normalized spacial score (nSPS) is 33.9. The average Bonchev–Trinajstić information content (AvgIpc) is 2.94. The maximum Gasteiger partial charge on any atom is 0.0441 e. The van der Waals surface area contributed by atoms with Crippen LogP contribution in [0.3, 0.4) is 0 Å². The van der Waals surface area contributed by atoms with E-state index in [4.69, 9.17) is 0 Å². The molecule has 1 saturated heterocycles. The fraction of sp³-hybridized carbons (Fsp3) is 0.385. The van der Waals surface area contributed by atoms with Gasteiger partial charge in [-0.05, 0) is 18.4 Å². The van der Waals surface area contributed by atoms with Gasteiger partial charge in [-0.2, -0.15) is 0 Å². The Bertz CT molecular complexity index is 342. The Labute approximate surface area is 85.0 Å². The summed E-state index contributed by atoms with van der Waals surface area (Å²) in [5, 5.41) is 0. The first kappa shape index (κ1) is 8.25. The largest absolute Gasteiger partial charge is 0.286 e. The smallest absolute Gasteiger partial charge is 0.0441 e. The van der Waals surface area contributed by atoms with Crippen LogP contribution in [-0.4, -0.2) is 17.0 Å². The molecule has 0 spiro atoms. The molecule has 1 aromatic carbocycles. The molecule has 0 radical (unpaired) electrons. The van der Waals surface area contributed by atoms with E-state index < -0.39 is 0 Å². The topological polar surface area (TPSA) is 3.01 Å². The predicted octanol–water partition coefficient (Wildman–Crippen LogP) is 2.59. The van der Waals surface area contributed by atoms with Crippen LogP contribution in [0.1, 0.15) is 18.4 Å². The summed E-state index contributed by atoms with van der Waals surface area (Å²) >= 11 is 0. The minimum atomic E-state index is 0.754. The molecule has 14 heavy (non-hydrogen) atoms. The Hall–Kier alpha value is -1.08. The van der Waals surface area contributed by atoms with Crippen LogP contribution in [0.25, 0.3) is 0 Å². The van der Waals surface area contributed by atoms with Crippen LogP contribution in [0.15, 0.2) is 42.5 Å². The van der Waals surface area contributed by atoms with Gasteiger partial charge in [-0.3, -0.25) is 4.90 Å². The zero-order valence-corrected chi connectivity index (χ0v) is 8.26. The summed E-state index contributed by atoms with van der Waals surface area (Å²) in [5.74, 6) is 0. The molecule has 1 nitrogen and oxygen atoms in total. The van der Waals surface area contributed by atoms with Gasteiger partial charge in [0.15, 0.2) is 0 Å². The summed E-state index contributed by atoms with van der Waals surface area (Å²) in [5.41, 5.74) is 1.44. The molecule has 1 aromatic rings. The molecule has 72 valence electrons. The molecule has 1 heteroatoms. The molecule has 0 bridgehead atoms. The molecule has 2 aliphatic rings. The van der Waals surface area contributed by atoms with E-state index in [-0.39, 0.29) is 0 Å². The third kappa shape index (κ3) is 1.38. The second-order valence-corrected chi connectivity index (χ2v) is 4.22. The van der Waals surface area contributed by atoms with Gasteiger partial charge in [0.05, 0.1) is 0 Å². The van der Waals surface area contributed by atoms with E-state index in [1.54, 1.807) is 0 Å². The first-order valence-electron chi connectivity index (χ1n) is 5.41. The SMILES string of the molecule is C1=CC2C(CC1)N2Cc1ccccc1. The van der Waals surface area contributed by atoms with Crippen molar-refractivity contribution in [1.29, 1.82) is 0 Å². The van der Waals surface area contributed by atoms with E-state index in [1.807, 2.05) is 0 Å². The van der Waals surface area contributed by atoms with Crippen LogP contribution in [0, 0.1) is 0 Å². The van der Waals surface area contributed by atoms with Gasteiger partial charge in [0.1, 0.15) is 0 Å². The minimum absolute atomic E-state index is 0.754. The van der Waals surface area contributed by atoms with Crippen LogP contribution in [0.2, 0.25) is 0 Å². The van der Waals surface area contributed by atoms with E-state index in [2.05, 4.69) is 47.4 Å². The quantitative estimate of drug-likeness (QED) is 0.505. The van der Waals surface area contributed by atoms with Crippen LogP contribution >= 0.6 is 0 Å². The van der Waals surface area contributed by atoms with E-state index >= 15 is 0 Å². The van der Waals surface area contributed by atoms with Crippen LogP contribution in [0.5, 0.6) is 0 Å². The van der Waals surface area contributed by atoms with Gasteiger partial charge in [0.25, 0.3) is 0 Å². The van der Waals surface area contributed by atoms with Gasteiger partial charge in [0.2, 0.25) is 0 Å². The van der Waals surface area contributed by atoms with Crippen molar-refractivity contribution >= 4 is 0 Å². The maximum absolute atomic E-state index is 2.58. The fourth-order valence-corrected chi connectivity index (χ4v) is 2.45. The van der Waals surface area contributed by atoms with Gasteiger partial charge in [-0.1, -0.05) is 42.5 Å². The standard InChI is InChI=1S/C13H15N/c1-2-6-11(7-3-1)10-14-12-8-4-5-9-13(12)14/h1-4,6-8,12-13H,5,9-10H2. The molecular weight excluding hydrogens is 170 g/mol. The Balaban J connectivity index is 1.68. The van der Waals surface area contributed by atoms with Crippen molar-refractivity contribution in [3.05, 3.63) is 48.0 Å². The van der Waals surface area contributed by atoms with Crippen molar-refractivity contribution < 1.29 is 0 Å². The fourth-order valence-electron chi connectivity index (χ4n) is 2.45. The zero-order valence-electron chi connectivity index (χ0n) is 8.26. The third-order valence-electron chi connectivity index (χ3n) is 3.28. The first-order chi connectivity index (χ1) is 6.95. The molecule has 1 aliphatic carbocycles. The summed E-state index contributed by atoms with van der Waals surface area (Å²) in [7, 11) is 0. The molecule has 3 rings (SSSR count). The van der Waals surface area contributed by atoms with Gasteiger partial charge in [-0.25, -0.2) is 0 Å². The monoisotopic (exact) mass is 185 g/mol. The van der Waals surface area contributed by atoms with E-state index in [9.17, 15) is 0 Å². The molecule has 0 amide bonds. The summed E-state index contributed by atoms with van der Waals surface area (Å²) in [6, 6.07) is 12.4. The van der Waals surface area contributed by atoms with Crippen molar-refractivity contribution in [1.82, 2.24) is 4.90 Å². The van der Waals surface area contributed by atoms with Gasteiger partial charge < -0.3 is 0 Å². The summed E-state index contributed by atoms with van der Waals surface area (Å²) in [4.78, 5) is 2.58. The minimum Gasteiger partial charge on any atom is -0.286 e. The molecule has 0 N–H and O–H groups in total. The molecule has 1 aliphatic heterocycles. The van der Waals surface area contributed by atoms with Crippen molar-refractivity contribution in [2.24, 2.45) is 0 Å². The lowest BCUT2D eigenvalue weighted by molar-refractivity contribution is 0.481. The summed E-state index contributed by atoms with van der Waals surface area (Å²) < 4.78 is 0. The van der Waals surface area contributed by atoms with Gasteiger partial charge in [0, 0.05) is 18.6 Å². The Morgan fingerprint density at radius 3 is 2.79 bits per heavy atom. The molecule has 3 unspecified atom stereocenters. The first-order valence-corrected chi connectivity index (χ1v) is 5.41. The number of rotatable bonds is 2. The van der Waals surface area contributed by atoms with Crippen molar-refractivity contribution in [3.8, 4) is 0 Å². The second-order valence-electron chi connectivity index (χ2n) is 4.22. The molecule has 0 aromatic heterocycles. The van der Waals surface area contributed by atoms with Crippen molar-refractivity contribution in [2.75, 3.05) is 0 Å². The number of benzene rings is 1. The predicted molar refractivity (Wildman–Crippen MR) is 57.9 cm³/mol. The number of allylic oxidation sites excluding steroid dienone is 1. The lowest BCUT2D eigenvalue weighted by Crippen LogP contribution is -2.01. The van der Waals surface area contributed by atoms with E-state index in [0.717, 1.165) is 18.6 Å². The molecule has 3 atom stereocenters. The highest BCUT2D eigenvalue weighted by Crippen LogP contribution is 2.37. The van der Waals surface area contributed by atoms with Gasteiger partial charge in [-0.15, -0.1) is 0 Å². The number of hydrogen-bond acceptors (Lipinski definition) is 1. The summed E-state index contributed by atoms with van der Waals surface area (Å²) in [6.07, 6.45) is 7.32. The van der Waals surface area contributed by atoms with E-state index in [0.29, 0.717) is 0 Å². The highest BCUT2D eigenvalue weighted by molar-refractivity contribution is 5.22. The third-order valence-corrected chi connectivity index (χ3v) is 3.28. The van der Waals surface area contributed by atoms with Crippen LogP contribution in [0.4, 0.5) is 0 Å². The van der Waals surface area contributed by atoms with Crippen LogP contribution in [-0.2, 0) is 6.54 Å². The number of hydrogen-bond donors (Lipinski definition) is 0. The lowest BCUT2D eigenvalue weighted by atomic mass is 10.1. The molecule has 1 fully saturated rings. The Morgan fingerprint density at radius 2 is 2.07 bits per heavy atom. The van der Waals surface area contributed by atoms with Crippen molar-refractivity contribution in [3.63, 3.8) is 0 Å². The Morgan fingerprint density at radius 1 is 1.21 bits per heavy atom. The summed E-state index contributed by atoms with van der Waals surface area (Å²) in [6.45, 7) is 1.13. The van der Waals surface area contributed by atoms with Crippen LogP contribution < -0.4 is 0 Å². The Kier molecular flexibility index (Phi) is 1.91. The van der Waals surface area contributed by atoms with E-state index in [1.165, 1.54) is 18.4 Å². The number of fused-ring (bicyclic) bond motifs is 1. The van der Waals surface area contributed by atoms with Crippen molar-refractivity contribution in [2.45, 2.75) is 31.5 Å². The molecule has 1 heterocycles. The van der Waals surface area contributed by atoms with Gasteiger partial charge >= 0.3 is 0 Å².